The molecule has 0 radical (unpaired) electrons. The highest BCUT2D eigenvalue weighted by Crippen LogP contribution is 2.02. The summed E-state index contributed by atoms with van der Waals surface area (Å²) in [5.41, 5.74) is 0. The molecular formula is C11H15NOS. The van der Waals surface area contributed by atoms with Gasteiger partial charge in [0.25, 0.3) is 5.91 Å². The number of carbonyl (C=O) groups is 1. The van der Waals surface area contributed by atoms with Crippen LogP contribution < -0.4 is 9.75 Å². The van der Waals surface area contributed by atoms with Crippen LogP contribution in [0.25, 0.3) is 12.2 Å². The fourth-order valence-electron chi connectivity index (χ4n) is 1.20. The first kappa shape index (κ1) is 11.0. The highest BCUT2D eigenvalue weighted by molar-refractivity contribution is 7.11. The van der Waals surface area contributed by atoms with Crippen LogP contribution in [0.5, 0.6) is 0 Å². The summed E-state index contributed by atoms with van der Waals surface area (Å²) in [6.07, 6.45) is 4.06. The third-order valence-electron chi connectivity index (χ3n) is 1.98. The second-order valence-electron chi connectivity index (χ2n) is 3.21. The number of carbonyl (C=O) groups excluding carboxylic acids is 1. The van der Waals surface area contributed by atoms with E-state index in [1.807, 2.05) is 32.1 Å². The first-order valence-corrected chi connectivity index (χ1v) is 5.36. The van der Waals surface area contributed by atoms with Crippen LogP contribution in [0.3, 0.4) is 0 Å². The Hall–Kier alpha value is -1.09. The zero-order chi connectivity index (χ0) is 10.7. The number of amides is 1. The number of thiophene rings is 1. The quantitative estimate of drug-likeness (QED) is 0.677. The van der Waals surface area contributed by atoms with Gasteiger partial charge in [0, 0.05) is 18.6 Å². The van der Waals surface area contributed by atoms with E-state index in [4.69, 9.17) is 0 Å². The van der Waals surface area contributed by atoms with Crippen LogP contribution in [0.15, 0.2) is 6.07 Å². The van der Waals surface area contributed by atoms with Gasteiger partial charge in [0.2, 0.25) is 0 Å². The Bertz CT molecular complexity index is 411. The van der Waals surface area contributed by atoms with Gasteiger partial charge in [0.1, 0.15) is 0 Å². The van der Waals surface area contributed by atoms with Crippen molar-refractivity contribution in [2.24, 2.45) is 0 Å². The predicted octanol–water partition coefficient (Wildman–Crippen LogP) is 1.05. The number of rotatable bonds is 1. The molecule has 0 fully saturated rings. The molecule has 0 aliphatic carbocycles. The molecule has 0 aliphatic rings. The van der Waals surface area contributed by atoms with E-state index in [9.17, 15) is 4.79 Å². The molecule has 1 aromatic heterocycles. The summed E-state index contributed by atoms with van der Waals surface area (Å²) in [4.78, 5) is 14.1. The van der Waals surface area contributed by atoms with Crippen molar-refractivity contribution in [3.63, 3.8) is 0 Å². The lowest BCUT2D eigenvalue weighted by molar-refractivity contribution is 0.0832. The van der Waals surface area contributed by atoms with Crippen molar-refractivity contribution in [2.45, 2.75) is 13.8 Å². The zero-order valence-corrected chi connectivity index (χ0v) is 9.81. The summed E-state index contributed by atoms with van der Waals surface area (Å²) in [5, 5.41) is 1.14. The standard InChI is InChI=1S/C11H15NOS/c1-5-8-7-10(11(13)12(3)4)14-9(8)6-2/h5-7H,1-4H3/b8-5-,9-6+. The van der Waals surface area contributed by atoms with Gasteiger partial charge in [0.15, 0.2) is 0 Å². The molecule has 1 heterocycles. The normalized spacial score (nSPS) is 13.4. The second kappa shape index (κ2) is 4.42. The van der Waals surface area contributed by atoms with E-state index in [-0.39, 0.29) is 5.91 Å². The SMILES string of the molecule is C/C=c1/cc(C(=O)N(C)C)s/c1=C/C. The third kappa shape index (κ3) is 2.04. The zero-order valence-electron chi connectivity index (χ0n) is 9.00. The van der Waals surface area contributed by atoms with Gasteiger partial charge in [-0.3, -0.25) is 4.79 Å². The Kier molecular flexibility index (Phi) is 3.47. The lowest BCUT2D eigenvalue weighted by Crippen LogP contribution is -2.20. The fourth-order valence-corrected chi connectivity index (χ4v) is 2.30. The highest BCUT2D eigenvalue weighted by Gasteiger charge is 2.09. The molecule has 1 aromatic rings. The molecule has 2 nitrogen and oxygen atoms in total. The van der Waals surface area contributed by atoms with Gasteiger partial charge in [-0.2, -0.15) is 0 Å². The van der Waals surface area contributed by atoms with Crippen molar-refractivity contribution >= 4 is 29.4 Å². The van der Waals surface area contributed by atoms with Crippen LogP contribution in [0.2, 0.25) is 0 Å². The predicted molar refractivity (Wildman–Crippen MR) is 61.9 cm³/mol. The Morgan fingerprint density at radius 1 is 1.36 bits per heavy atom. The highest BCUT2D eigenvalue weighted by atomic mass is 32.1. The maximum atomic E-state index is 11.7. The summed E-state index contributed by atoms with van der Waals surface area (Å²) in [5.74, 6) is 0.0752. The number of nitrogens with zero attached hydrogens (tertiary/aromatic N) is 1. The van der Waals surface area contributed by atoms with Crippen LogP contribution in [-0.2, 0) is 0 Å². The molecule has 0 spiro atoms. The van der Waals surface area contributed by atoms with Crippen molar-refractivity contribution in [1.29, 1.82) is 0 Å². The average Bonchev–Trinajstić information content (AvgIpc) is 2.59. The molecule has 0 unspecified atom stereocenters. The van der Waals surface area contributed by atoms with Crippen LogP contribution >= 0.6 is 11.3 Å². The smallest absolute Gasteiger partial charge is 0.263 e. The van der Waals surface area contributed by atoms with E-state index < -0.39 is 0 Å². The van der Waals surface area contributed by atoms with Crippen molar-refractivity contribution < 1.29 is 4.79 Å². The van der Waals surface area contributed by atoms with Crippen LogP contribution in [-0.4, -0.2) is 24.9 Å². The van der Waals surface area contributed by atoms with E-state index in [2.05, 4.69) is 0 Å². The Morgan fingerprint density at radius 3 is 2.36 bits per heavy atom. The molecule has 3 heteroatoms. The summed E-state index contributed by atoms with van der Waals surface area (Å²) in [7, 11) is 3.54. The third-order valence-corrected chi connectivity index (χ3v) is 3.18. The van der Waals surface area contributed by atoms with Crippen LogP contribution in [0.1, 0.15) is 23.5 Å². The van der Waals surface area contributed by atoms with Gasteiger partial charge >= 0.3 is 0 Å². The van der Waals surface area contributed by atoms with Crippen molar-refractivity contribution in [3.05, 3.63) is 20.7 Å². The maximum Gasteiger partial charge on any atom is 0.263 e. The lowest BCUT2D eigenvalue weighted by atomic mass is 10.3. The molecule has 0 saturated carbocycles. The van der Waals surface area contributed by atoms with Gasteiger partial charge in [-0.05, 0) is 25.1 Å². The van der Waals surface area contributed by atoms with Gasteiger partial charge in [-0.15, -0.1) is 11.3 Å². The van der Waals surface area contributed by atoms with Crippen LogP contribution in [0, 0.1) is 0 Å². The minimum Gasteiger partial charge on any atom is -0.344 e. The van der Waals surface area contributed by atoms with Crippen molar-refractivity contribution in [3.8, 4) is 0 Å². The van der Waals surface area contributed by atoms with Gasteiger partial charge in [-0.25, -0.2) is 0 Å². The molecular weight excluding hydrogens is 194 g/mol. The fraction of sp³-hybridized carbons (Fsp3) is 0.364. The first-order chi connectivity index (χ1) is 6.60. The minimum absolute atomic E-state index is 0.0752. The number of hydrogen-bond acceptors (Lipinski definition) is 2. The molecule has 1 rings (SSSR count). The van der Waals surface area contributed by atoms with Crippen LogP contribution in [0.4, 0.5) is 0 Å². The monoisotopic (exact) mass is 209 g/mol. The van der Waals surface area contributed by atoms with Crippen molar-refractivity contribution in [1.82, 2.24) is 4.90 Å². The van der Waals surface area contributed by atoms with E-state index in [0.717, 1.165) is 14.6 Å². The molecule has 0 bridgehead atoms. The molecule has 0 atom stereocenters. The first-order valence-electron chi connectivity index (χ1n) is 4.54. The Labute approximate surface area is 88.2 Å². The average molecular weight is 209 g/mol. The van der Waals surface area contributed by atoms with E-state index in [0.29, 0.717) is 0 Å². The molecule has 1 amide bonds. The second-order valence-corrected chi connectivity index (χ2v) is 4.29. The molecule has 14 heavy (non-hydrogen) atoms. The van der Waals surface area contributed by atoms with Gasteiger partial charge < -0.3 is 4.90 Å². The summed E-state index contributed by atoms with van der Waals surface area (Å²) in [6, 6.07) is 1.95. The van der Waals surface area contributed by atoms with Crippen molar-refractivity contribution in [2.75, 3.05) is 14.1 Å². The maximum absolute atomic E-state index is 11.7. The van der Waals surface area contributed by atoms with E-state index in [1.165, 1.54) is 0 Å². The van der Waals surface area contributed by atoms with Gasteiger partial charge in [0.05, 0.1) is 4.88 Å². The minimum atomic E-state index is 0.0752. The van der Waals surface area contributed by atoms with E-state index >= 15 is 0 Å². The molecule has 76 valence electrons. The lowest BCUT2D eigenvalue weighted by Gasteiger charge is -2.06. The van der Waals surface area contributed by atoms with Gasteiger partial charge in [-0.1, -0.05) is 12.2 Å². The molecule has 0 saturated heterocycles. The molecule has 0 aromatic carbocycles. The van der Waals surface area contributed by atoms with E-state index in [1.54, 1.807) is 30.3 Å². The molecule has 0 aliphatic heterocycles. The topological polar surface area (TPSA) is 20.3 Å². The Balaban J connectivity index is 3.29. The molecule has 0 N–H and O–H groups in total. The Morgan fingerprint density at radius 2 is 2.00 bits per heavy atom. The summed E-state index contributed by atoms with van der Waals surface area (Å²) in [6.45, 7) is 3.97. The summed E-state index contributed by atoms with van der Waals surface area (Å²) >= 11 is 1.54. The number of hydrogen-bond donors (Lipinski definition) is 0. The largest absolute Gasteiger partial charge is 0.344 e. The summed E-state index contributed by atoms with van der Waals surface area (Å²) < 4.78 is 1.16.